The summed E-state index contributed by atoms with van der Waals surface area (Å²) in [4.78, 5) is 38.1. The number of carbonyl (C=O) groups is 3. The van der Waals surface area contributed by atoms with E-state index in [1.165, 1.54) is 0 Å². The lowest BCUT2D eigenvalue weighted by Gasteiger charge is -2.32. The summed E-state index contributed by atoms with van der Waals surface area (Å²) in [6, 6.07) is 14.3. The Hall–Kier alpha value is -3.15. The van der Waals surface area contributed by atoms with E-state index in [9.17, 15) is 19.5 Å². The van der Waals surface area contributed by atoms with Crippen molar-refractivity contribution in [3.63, 3.8) is 0 Å². The van der Waals surface area contributed by atoms with Gasteiger partial charge in [-0.2, -0.15) is 0 Å². The van der Waals surface area contributed by atoms with Crippen LogP contribution in [0.3, 0.4) is 0 Å². The largest absolute Gasteiger partial charge is 0.478 e. The fraction of sp³-hybridized carbons (Fsp3) is 0.348. The minimum atomic E-state index is -0.974. The molecule has 1 fully saturated rings. The summed E-state index contributed by atoms with van der Waals surface area (Å²) in [6.07, 6.45) is 2.12. The zero-order valence-electron chi connectivity index (χ0n) is 16.6. The summed E-state index contributed by atoms with van der Waals surface area (Å²) in [5, 5.41) is 12.3. The molecule has 2 aromatic rings. The number of aryl methyl sites for hydroxylation is 2. The van der Waals surface area contributed by atoms with Gasteiger partial charge in [-0.1, -0.05) is 36.4 Å². The molecule has 0 saturated carbocycles. The number of hydrogen-bond acceptors (Lipinski definition) is 3. The van der Waals surface area contributed by atoms with Gasteiger partial charge in [0.15, 0.2) is 0 Å². The van der Waals surface area contributed by atoms with Crippen molar-refractivity contribution in [2.24, 2.45) is 0 Å². The Bertz CT molecular complexity index is 901. The number of carbonyl (C=O) groups excluding carboxylic acids is 2. The SMILES string of the molecule is Cc1ccccc1C(=O)NC1CCN(C(=O)CCc2ccccc2C(=O)O)CC1. The van der Waals surface area contributed by atoms with Crippen LogP contribution in [0.2, 0.25) is 0 Å². The molecule has 6 heteroatoms. The highest BCUT2D eigenvalue weighted by atomic mass is 16.4. The van der Waals surface area contributed by atoms with Crippen LogP contribution < -0.4 is 5.32 Å². The molecular formula is C23H26N2O4. The van der Waals surface area contributed by atoms with Crippen molar-refractivity contribution in [3.05, 3.63) is 70.8 Å². The standard InChI is InChI=1S/C23H26N2O4/c1-16-6-2-4-8-19(16)22(27)24-18-12-14-25(15-13-18)21(26)11-10-17-7-3-5-9-20(17)23(28)29/h2-9,18H,10-15H2,1H3,(H,24,27)(H,28,29). The fourth-order valence-corrected chi connectivity index (χ4v) is 3.71. The molecule has 29 heavy (non-hydrogen) atoms. The first kappa shape index (κ1) is 20.6. The van der Waals surface area contributed by atoms with Crippen LogP contribution in [0.1, 0.15) is 51.1 Å². The maximum atomic E-state index is 12.5. The van der Waals surface area contributed by atoms with Gasteiger partial charge in [0.2, 0.25) is 5.91 Å². The predicted octanol–water partition coefficient (Wildman–Crippen LogP) is 3.05. The van der Waals surface area contributed by atoms with E-state index in [1.807, 2.05) is 31.2 Å². The summed E-state index contributed by atoms with van der Waals surface area (Å²) in [7, 11) is 0. The first-order chi connectivity index (χ1) is 14.0. The number of nitrogens with one attached hydrogen (secondary N) is 1. The van der Waals surface area contributed by atoms with Crippen molar-refractivity contribution < 1.29 is 19.5 Å². The zero-order chi connectivity index (χ0) is 20.8. The number of hydrogen-bond donors (Lipinski definition) is 2. The number of piperidine rings is 1. The second kappa shape index (κ2) is 9.37. The van der Waals surface area contributed by atoms with Crippen LogP contribution in [0.5, 0.6) is 0 Å². The minimum Gasteiger partial charge on any atom is -0.478 e. The van der Waals surface area contributed by atoms with Crippen LogP contribution in [-0.4, -0.2) is 46.9 Å². The number of rotatable bonds is 6. The predicted molar refractivity (Wildman–Crippen MR) is 110 cm³/mol. The summed E-state index contributed by atoms with van der Waals surface area (Å²) >= 11 is 0. The molecule has 0 aliphatic carbocycles. The molecular weight excluding hydrogens is 368 g/mol. The molecule has 1 heterocycles. The lowest BCUT2D eigenvalue weighted by atomic mass is 10.0. The zero-order valence-corrected chi connectivity index (χ0v) is 16.6. The molecule has 1 aliphatic heterocycles. The second-order valence-electron chi connectivity index (χ2n) is 7.41. The Balaban J connectivity index is 1.48. The summed E-state index contributed by atoms with van der Waals surface area (Å²) < 4.78 is 0. The highest BCUT2D eigenvalue weighted by Gasteiger charge is 2.24. The van der Waals surface area contributed by atoms with Gasteiger partial charge in [0, 0.05) is 31.1 Å². The summed E-state index contributed by atoms with van der Waals surface area (Å²) in [5.41, 5.74) is 2.55. The second-order valence-corrected chi connectivity index (χ2v) is 7.41. The molecule has 2 N–H and O–H groups in total. The third-order valence-electron chi connectivity index (χ3n) is 5.43. The quantitative estimate of drug-likeness (QED) is 0.788. The fourth-order valence-electron chi connectivity index (χ4n) is 3.71. The van der Waals surface area contributed by atoms with Crippen molar-refractivity contribution in [2.45, 2.75) is 38.6 Å². The van der Waals surface area contributed by atoms with Crippen molar-refractivity contribution >= 4 is 17.8 Å². The Labute approximate surface area is 170 Å². The van der Waals surface area contributed by atoms with Crippen LogP contribution >= 0.6 is 0 Å². The average molecular weight is 394 g/mol. The van der Waals surface area contributed by atoms with E-state index in [2.05, 4.69) is 5.32 Å². The Morgan fingerprint density at radius 1 is 1.00 bits per heavy atom. The number of aromatic carboxylic acids is 1. The first-order valence-corrected chi connectivity index (χ1v) is 9.91. The van der Waals surface area contributed by atoms with Crippen molar-refractivity contribution in [1.82, 2.24) is 10.2 Å². The number of nitrogens with zero attached hydrogens (tertiary/aromatic N) is 1. The van der Waals surface area contributed by atoms with Crippen LogP contribution in [0.15, 0.2) is 48.5 Å². The molecule has 1 saturated heterocycles. The molecule has 3 rings (SSSR count). The lowest BCUT2D eigenvalue weighted by molar-refractivity contribution is -0.132. The van der Waals surface area contributed by atoms with Gasteiger partial charge in [-0.25, -0.2) is 4.79 Å². The highest BCUT2D eigenvalue weighted by molar-refractivity contribution is 5.95. The smallest absolute Gasteiger partial charge is 0.335 e. The van der Waals surface area contributed by atoms with E-state index >= 15 is 0 Å². The molecule has 0 unspecified atom stereocenters. The van der Waals surface area contributed by atoms with Gasteiger partial charge in [-0.3, -0.25) is 9.59 Å². The molecule has 6 nitrogen and oxygen atoms in total. The monoisotopic (exact) mass is 394 g/mol. The number of carboxylic acids is 1. The van der Waals surface area contributed by atoms with Crippen LogP contribution in [0.4, 0.5) is 0 Å². The molecule has 2 amide bonds. The third kappa shape index (κ3) is 5.22. The maximum absolute atomic E-state index is 12.5. The maximum Gasteiger partial charge on any atom is 0.335 e. The van der Waals surface area contributed by atoms with Crippen molar-refractivity contribution in [2.75, 3.05) is 13.1 Å². The molecule has 1 aliphatic rings. The normalized spacial score (nSPS) is 14.4. The topological polar surface area (TPSA) is 86.7 Å². The number of carboxylic acid groups (broad SMARTS) is 1. The molecule has 0 bridgehead atoms. The van der Waals surface area contributed by atoms with E-state index < -0.39 is 5.97 Å². The highest BCUT2D eigenvalue weighted by Crippen LogP contribution is 2.16. The van der Waals surface area contributed by atoms with Gasteiger partial charge >= 0.3 is 5.97 Å². The summed E-state index contributed by atoms with van der Waals surface area (Å²) in [5.74, 6) is -1.02. The van der Waals surface area contributed by atoms with Crippen LogP contribution in [-0.2, 0) is 11.2 Å². The van der Waals surface area contributed by atoms with Gasteiger partial charge in [-0.15, -0.1) is 0 Å². The van der Waals surface area contributed by atoms with E-state index in [1.54, 1.807) is 29.2 Å². The van der Waals surface area contributed by atoms with E-state index in [-0.39, 0.29) is 29.8 Å². The molecule has 152 valence electrons. The Morgan fingerprint density at radius 2 is 1.62 bits per heavy atom. The molecule has 0 radical (unpaired) electrons. The van der Waals surface area contributed by atoms with Crippen LogP contribution in [0, 0.1) is 6.92 Å². The molecule has 0 atom stereocenters. The van der Waals surface area contributed by atoms with E-state index in [0.717, 1.165) is 18.4 Å². The average Bonchev–Trinajstić information content (AvgIpc) is 2.73. The molecule has 2 aromatic carbocycles. The number of benzene rings is 2. The van der Waals surface area contributed by atoms with E-state index in [4.69, 9.17) is 0 Å². The van der Waals surface area contributed by atoms with Gasteiger partial charge < -0.3 is 15.3 Å². The minimum absolute atomic E-state index is 0.0221. The molecule has 0 aromatic heterocycles. The van der Waals surface area contributed by atoms with Crippen molar-refractivity contribution in [3.8, 4) is 0 Å². The summed E-state index contributed by atoms with van der Waals surface area (Å²) in [6.45, 7) is 3.11. The number of amides is 2. The van der Waals surface area contributed by atoms with Crippen LogP contribution in [0.25, 0.3) is 0 Å². The Morgan fingerprint density at radius 3 is 2.28 bits per heavy atom. The first-order valence-electron chi connectivity index (χ1n) is 9.91. The van der Waals surface area contributed by atoms with Gasteiger partial charge in [0.05, 0.1) is 5.56 Å². The van der Waals surface area contributed by atoms with Gasteiger partial charge in [-0.05, 0) is 49.4 Å². The lowest BCUT2D eigenvalue weighted by Crippen LogP contribution is -2.46. The van der Waals surface area contributed by atoms with Gasteiger partial charge in [0.1, 0.15) is 0 Å². The third-order valence-corrected chi connectivity index (χ3v) is 5.43. The van der Waals surface area contributed by atoms with Gasteiger partial charge in [0.25, 0.3) is 5.91 Å². The molecule has 0 spiro atoms. The van der Waals surface area contributed by atoms with Crippen molar-refractivity contribution in [1.29, 1.82) is 0 Å². The number of likely N-dealkylation sites (tertiary alicyclic amines) is 1. The van der Waals surface area contributed by atoms with E-state index in [0.29, 0.717) is 30.6 Å². The Kier molecular flexibility index (Phi) is 6.65.